The quantitative estimate of drug-likeness (QED) is 0.0318. The van der Waals surface area contributed by atoms with E-state index < -0.39 is 20.0 Å². The lowest BCUT2D eigenvalue weighted by molar-refractivity contribution is -0.870. The van der Waals surface area contributed by atoms with Crippen LogP contribution in [0.3, 0.4) is 0 Å². The Morgan fingerprint density at radius 1 is 0.411 bits per heavy atom. The van der Waals surface area contributed by atoms with E-state index in [-0.39, 0.29) is 19.1 Å². The highest BCUT2D eigenvalue weighted by Crippen LogP contribution is 2.43. The SMILES string of the molecule is CCCCCCCCCCCCCCCCCCCCCCCCCCCCCCCCCCCCCCC(=O)N[C@@H](COP(=O)(O)OCC[N+](C)(C)C)[C@H](O)CCCCCCCCCCCCCCCCC. The van der Waals surface area contributed by atoms with Crippen LogP contribution in [0.15, 0.2) is 0 Å². The van der Waals surface area contributed by atoms with Crippen LogP contribution in [0.25, 0.3) is 0 Å². The van der Waals surface area contributed by atoms with Gasteiger partial charge in [-0.05, 0) is 12.8 Å². The molecule has 438 valence electrons. The molecule has 0 spiro atoms. The molecule has 0 aromatic heterocycles. The number of hydrogen-bond acceptors (Lipinski definition) is 5. The number of carbonyl (C=O) groups is 1. The van der Waals surface area contributed by atoms with Crippen molar-refractivity contribution in [1.82, 2.24) is 5.32 Å². The maximum atomic E-state index is 13.0. The monoisotopic (exact) mass is 1060 g/mol. The van der Waals surface area contributed by atoms with Gasteiger partial charge in [-0.3, -0.25) is 13.8 Å². The third-order valence-corrected chi connectivity index (χ3v) is 16.6. The Balaban J connectivity index is 3.87. The van der Waals surface area contributed by atoms with Crippen molar-refractivity contribution in [1.29, 1.82) is 0 Å². The van der Waals surface area contributed by atoms with E-state index in [4.69, 9.17) is 9.05 Å². The molecular weight excluding hydrogens is 924 g/mol. The van der Waals surface area contributed by atoms with Gasteiger partial charge in [0.25, 0.3) is 0 Å². The van der Waals surface area contributed by atoms with Crippen molar-refractivity contribution in [2.75, 3.05) is 40.9 Å². The number of unbranched alkanes of at least 4 members (excludes halogenated alkanes) is 49. The number of phosphoric ester groups is 1. The molecule has 0 aromatic rings. The van der Waals surface area contributed by atoms with Gasteiger partial charge in [0.05, 0.1) is 39.9 Å². The maximum absolute atomic E-state index is 13.0. The highest BCUT2D eigenvalue weighted by molar-refractivity contribution is 7.47. The van der Waals surface area contributed by atoms with Crippen LogP contribution < -0.4 is 5.32 Å². The van der Waals surface area contributed by atoms with Crippen LogP contribution >= 0.6 is 7.82 Å². The number of rotatable bonds is 62. The van der Waals surface area contributed by atoms with Crippen molar-refractivity contribution in [2.45, 2.75) is 366 Å². The number of aliphatic hydroxyl groups excluding tert-OH is 1. The van der Waals surface area contributed by atoms with E-state index in [1.54, 1.807) is 0 Å². The summed E-state index contributed by atoms with van der Waals surface area (Å²) in [6, 6.07) is -0.755. The smallest absolute Gasteiger partial charge is 0.391 e. The zero-order chi connectivity index (χ0) is 53.5. The Hall–Kier alpha value is -0.500. The Kier molecular flexibility index (Phi) is 55.8. The molecule has 0 aliphatic heterocycles. The van der Waals surface area contributed by atoms with E-state index in [9.17, 15) is 19.4 Å². The number of nitrogens with zero attached hydrogens (tertiary/aromatic N) is 1. The van der Waals surface area contributed by atoms with E-state index >= 15 is 0 Å². The Bertz CT molecular complexity index is 1150. The molecule has 0 bridgehead atoms. The van der Waals surface area contributed by atoms with E-state index in [0.717, 1.165) is 38.5 Å². The van der Waals surface area contributed by atoms with Gasteiger partial charge in [-0.15, -0.1) is 0 Å². The first-order chi connectivity index (χ1) is 35.5. The molecule has 0 rings (SSSR count). The fourth-order valence-electron chi connectivity index (χ4n) is 10.5. The van der Waals surface area contributed by atoms with Crippen LogP contribution in [0.2, 0.25) is 0 Å². The predicted molar refractivity (Wildman–Crippen MR) is 319 cm³/mol. The molecule has 0 saturated carbocycles. The molecular formula is C64H132N2O6P+. The van der Waals surface area contributed by atoms with Crippen LogP contribution in [-0.2, 0) is 18.4 Å². The van der Waals surface area contributed by atoms with E-state index in [1.807, 2.05) is 21.1 Å². The average Bonchev–Trinajstić information content (AvgIpc) is 3.35. The summed E-state index contributed by atoms with van der Waals surface area (Å²) in [7, 11) is 1.64. The molecule has 3 atom stereocenters. The fourth-order valence-corrected chi connectivity index (χ4v) is 11.2. The molecule has 0 saturated heterocycles. The molecule has 0 aliphatic rings. The number of amides is 1. The lowest BCUT2D eigenvalue weighted by Crippen LogP contribution is -2.46. The largest absolute Gasteiger partial charge is 0.472 e. The summed E-state index contributed by atoms with van der Waals surface area (Å²) in [5.74, 6) is -0.135. The molecule has 9 heteroatoms. The molecule has 73 heavy (non-hydrogen) atoms. The normalized spacial score (nSPS) is 13.7. The van der Waals surface area contributed by atoms with Gasteiger partial charge < -0.3 is 19.8 Å². The van der Waals surface area contributed by atoms with Gasteiger partial charge in [-0.25, -0.2) is 4.57 Å². The summed E-state index contributed by atoms with van der Waals surface area (Å²) in [5, 5.41) is 14.1. The summed E-state index contributed by atoms with van der Waals surface area (Å²) >= 11 is 0. The van der Waals surface area contributed by atoms with Crippen molar-refractivity contribution in [3.05, 3.63) is 0 Å². The summed E-state index contributed by atoms with van der Waals surface area (Å²) in [6.07, 6.45) is 69.2. The first-order valence-corrected chi connectivity index (χ1v) is 34.4. The molecule has 0 heterocycles. The predicted octanol–water partition coefficient (Wildman–Crippen LogP) is 20.4. The minimum absolute atomic E-state index is 0.0791. The minimum Gasteiger partial charge on any atom is -0.391 e. The summed E-state index contributed by atoms with van der Waals surface area (Å²) in [6.45, 7) is 4.95. The van der Waals surface area contributed by atoms with E-state index in [1.165, 1.54) is 289 Å². The zero-order valence-corrected chi connectivity index (χ0v) is 51.1. The van der Waals surface area contributed by atoms with Crippen molar-refractivity contribution in [3.63, 3.8) is 0 Å². The second-order valence-corrected chi connectivity index (χ2v) is 25.7. The number of phosphoric acid groups is 1. The topological polar surface area (TPSA) is 105 Å². The summed E-state index contributed by atoms with van der Waals surface area (Å²) in [5.41, 5.74) is 0. The molecule has 1 unspecified atom stereocenters. The average molecular weight is 1060 g/mol. The van der Waals surface area contributed by atoms with Gasteiger partial charge in [-0.2, -0.15) is 0 Å². The zero-order valence-electron chi connectivity index (χ0n) is 50.2. The molecule has 0 aromatic carbocycles. The first-order valence-electron chi connectivity index (χ1n) is 32.9. The number of quaternary nitrogens is 1. The number of hydrogen-bond donors (Lipinski definition) is 3. The number of carbonyl (C=O) groups excluding carboxylic acids is 1. The van der Waals surface area contributed by atoms with Crippen LogP contribution in [-0.4, -0.2) is 73.4 Å². The molecule has 0 radical (unpaired) electrons. The molecule has 3 N–H and O–H groups in total. The molecule has 8 nitrogen and oxygen atoms in total. The number of aliphatic hydroxyl groups is 1. The third kappa shape index (κ3) is 59.0. The highest BCUT2D eigenvalue weighted by atomic mass is 31.2. The Morgan fingerprint density at radius 2 is 0.658 bits per heavy atom. The van der Waals surface area contributed by atoms with E-state index in [0.29, 0.717) is 23.9 Å². The number of likely N-dealkylation sites (N-methyl/N-ethyl adjacent to an activating group) is 1. The van der Waals surface area contributed by atoms with Crippen LogP contribution in [0.1, 0.15) is 354 Å². The van der Waals surface area contributed by atoms with Crippen molar-refractivity contribution < 1.29 is 32.9 Å². The van der Waals surface area contributed by atoms with Gasteiger partial charge in [0.2, 0.25) is 5.91 Å². The first kappa shape index (κ1) is 72.5. The highest BCUT2D eigenvalue weighted by Gasteiger charge is 2.28. The van der Waals surface area contributed by atoms with Crippen LogP contribution in [0, 0.1) is 0 Å². The lowest BCUT2D eigenvalue weighted by atomic mass is 10.0. The Labute approximate surface area is 457 Å². The van der Waals surface area contributed by atoms with Crippen molar-refractivity contribution >= 4 is 13.7 Å². The van der Waals surface area contributed by atoms with Crippen molar-refractivity contribution in [2.24, 2.45) is 0 Å². The number of nitrogens with one attached hydrogen (secondary N) is 1. The maximum Gasteiger partial charge on any atom is 0.472 e. The molecule has 0 fully saturated rings. The van der Waals surface area contributed by atoms with Gasteiger partial charge in [0.15, 0.2) is 0 Å². The molecule has 0 aliphatic carbocycles. The summed E-state index contributed by atoms with van der Waals surface area (Å²) < 4.78 is 23.8. The third-order valence-electron chi connectivity index (χ3n) is 15.6. The second kappa shape index (κ2) is 56.2. The van der Waals surface area contributed by atoms with Gasteiger partial charge in [-0.1, -0.05) is 335 Å². The molecule has 1 amide bonds. The standard InChI is InChI=1S/C64H131N2O6P/c1-6-8-10-12-14-16-18-20-22-23-24-25-26-27-28-29-30-31-32-33-34-35-36-37-38-39-40-41-42-44-46-48-50-52-54-56-58-64(68)65-62(61-72-73(69,70)71-60-59-66(3,4)5)63(67)57-55-53-51-49-47-45-43-21-19-17-15-13-11-9-7-2/h62-63,67H,6-61H2,1-5H3,(H-,65,68,69,70)/p+1/t62-,63+/m0/s1. The second-order valence-electron chi connectivity index (χ2n) is 24.2. The van der Waals surface area contributed by atoms with Crippen LogP contribution in [0.4, 0.5) is 0 Å². The van der Waals surface area contributed by atoms with Gasteiger partial charge >= 0.3 is 7.82 Å². The fraction of sp³-hybridized carbons (Fsp3) is 0.984. The van der Waals surface area contributed by atoms with Crippen molar-refractivity contribution in [3.8, 4) is 0 Å². The van der Waals surface area contributed by atoms with Gasteiger partial charge in [0.1, 0.15) is 13.2 Å². The van der Waals surface area contributed by atoms with Crippen LogP contribution in [0.5, 0.6) is 0 Å². The van der Waals surface area contributed by atoms with Gasteiger partial charge in [0, 0.05) is 6.42 Å². The van der Waals surface area contributed by atoms with E-state index in [2.05, 4.69) is 19.2 Å². The minimum atomic E-state index is -4.32. The Morgan fingerprint density at radius 3 is 0.918 bits per heavy atom. The lowest BCUT2D eigenvalue weighted by Gasteiger charge is -2.26. The summed E-state index contributed by atoms with van der Waals surface area (Å²) in [4.78, 5) is 23.4.